The topological polar surface area (TPSA) is 157 Å². The van der Waals surface area contributed by atoms with E-state index in [4.69, 9.17) is 23.7 Å². The molecule has 3 aliphatic rings. The molecule has 0 aromatic carbocycles. The maximum atomic E-state index is 13.3. The second-order valence-corrected chi connectivity index (χ2v) is 16.1. The number of aldehydes is 1. The first-order valence-corrected chi connectivity index (χ1v) is 19.3. The Bertz CT molecular complexity index is 1150. The van der Waals surface area contributed by atoms with Crippen molar-refractivity contribution in [1.82, 2.24) is 16.2 Å². The highest BCUT2D eigenvalue weighted by atomic mass is 16.6. The van der Waals surface area contributed by atoms with Crippen LogP contribution in [-0.4, -0.2) is 93.1 Å². The molecule has 0 aromatic heterocycles. The van der Waals surface area contributed by atoms with Gasteiger partial charge in [-0.25, -0.2) is 15.6 Å². The Morgan fingerprint density at radius 2 is 1.75 bits per heavy atom. The quantitative estimate of drug-likeness (QED) is 0.0269. The molecule has 3 fully saturated rings. The summed E-state index contributed by atoms with van der Waals surface area (Å²) in [4.78, 5) is 48.9. The number of Topliss-reactive ketones (excluding diaryl/α,β-unsaturated/α-hetero) is 1. The van der Waals surface area contributed by atoms with E-state index in [2.05, 4.69) is 43.0 Å². The van der Waals surface area contributed by atoms with E-state index in [0.717, 1.165) is 57.7 Å². The van der Waals surface area contributed by atoms with E-state index in [1.54, 1.807) is 7.11 Å². The van der Waals surface area contributed by atoms with Gasteiger partial charge in [0.1, 0.15) is 35.5 Å². The highest BCUT2D eigenvalue weighted by Crippen LogP contribution is 2.59. The van der Waals surface area contributed by atoms with Crippen LogP contribution in [0.25, 0.3) is 0 Å². The number of unbranched alkanes of at least 4 members (excludes halogenated alkanes) is 4. The van der Waals surface area contributed by atoms with Gasteiger partial charge in [-0.05, 0) is 71.1 Å². The summed E-state index contributed by atoms with van der Waals surface area (Å²) in [7, 11) is 1.67. The maximum Gasteiger partial charge on any atom is 0.407 e. The fourth-order valence-corrected chi connectivity index (χ4v) is 7.42. The van der Waals surface area contributed by atoms with Crippen LogP contribution < -0.4 is 16.2 Å². The van der Waals surface area contributed by atoms with Crippen LogP contribution >= 0.6 is 0 Å². The monoisotopic (exact) mass is 721 g/mol. The molecule has 0 radical (unpaired) electrons. The van der Waals surface area contributed by atoms with E-state index in [1.165, 1.54) is 5.57 Å². The smallest absolute Gasteiger partial charge is 0.407 e. The number of esters is 1. The van der Waals surface area contributed by atoms with Gasteiger partial charge in [0.15, 0.2) is 0 Å². The first kappa shape index (κ1) is 43.0. The van der Waals surface area contributed by atoms with Crippen molar-refractivity contribution in [2.75, 3.05) is 33.4 Å². The van der Waals surface area contributed by atoms with Gasteiger partial charge in [0.25, 0.3) is 0 Å². The number of carbonyl (C=O) groups is 4. The van der Waals surface area contributed by atoms with Crippen molar-refractivity contribution in [1.29, 1.82) is 0 Å². The Morgan fingerprint density at radius 3 is 2.37 bits per heavy atom. The molecule has 292 valence electrons. The Hall–Kier alpha value is -2.38. The highest BCUT2D eigenvalue weighted by Gasteiger charge is 2.72. The highest BCUT2D eigenvalue weighted by molar-refractivity contribution is 5.80. The van der Waals surface area contributed by atoms with Crippen molar-refractivity contribution >= 4 is 24.1 Å². The lowest BCUT2D eigenvalue weighted by molar-refractivity contribution is -0.173. The van der Waals surface area contributed by atoms with Gasteiger partial charge in [0, 0.05) is 26.0 Å². The third-order valence-electron chi connectivity index (χ3n) is 10.7. The number of hydrazine groups is 1. The first-order chi connectivity index (χ1) is 24.2. The molecule has 2 saturated heterocycles. The van der Waals surface area contributed by atoms with Crippen LogP contribution in [-0.2, 0) is 38.1 Å². The van der Waals surface area contributed by atoms with Crippen LogP contribution in [0.2, 0.25) is 0 Å². The zero-order valence-corrected chi connectivity index (χ0v) is 32.6. The van der Waals surface area contributed by atoms with Crippen LogP contribution in [0.4, 0.5) is 4.79 Å². The van der Waals surface area contributed by atoms with Gasteiger partial charge >= 0.3 is 12.1 Å². The minimum Gasteiger partial charge on any atom is -0.460 e. The molecule has 12 nitrogen and oxygen atoms in total. The molecular weight excluding hydrogens is 654 g/mol. The lowest BCUT2D eigenvalue weighted by Gasteiger charge is -2.42. The number of methoxy groups -OCH3 is 1. The van der Waals surface area contributed by atoms with Gasteiger partial charge in [0.2, 0.25) is 0 Å². The van der Waals surface area contributed by atoms with Gasteiger partial charge in [0.05, 0.1) is 44.2 Å². The Labute approximate surface area is 306 Å². The van der Waals surface area contributed by atoms with E-state index in [0.29, 0.717) is 31.9 Å². The van der Waals surface area contributed by atoms with Gasteiger partial charge in [-0.1, -0.05) is 58.6 Å². The van der Waals surface area contributed by atoms with Crippen molar-refractivity contribution in [3.05, 3.63) is 11.6 Å². The van der Waals surface area contributed by atoms with Gasteiger partial charge in [-0.15, -0.1) is 0 Å². The Balaban J connectivity index is 1.30. The maximum absolute atomic E-state index is 13.3. The standard InChI is InChI=1S/C39H67N3O9/c1-26(2)15-16-33-38(7,51-33)36-35(47-8)32(17-18-39(36)25-49-39)50-34(45)21-29(28(5)6)24-48-37(46)40-19-13-11-9-10-12-14-31(44)22-41-42-30(23-43)20-27(3)4/h15,23,27-30,32-33,35-36,41-42H,9-14,16-22,24-25H2,1-8H3,(H,40,46)/t29-,30-,32?,33+,35?,36?,38?,39-/m0/s1. The van der Waals surface area contributed by atoms with Crippen LogP contribution in [0.15, 0.2) is 11.6 Å². The van der Waals surface area contributed by atoms with Gasteiger partial charge in [-0.2, -0.15) is 0 Å². The molecule has 12 heteroatoms. The molecule has 0 aromatic rings. The molecule has 51 heavy (non-hydrogen) atoms. The number of epoxide rings is 2. The molecule has 2 aliphatic heterocycles. The summed E-state index contributed by atoms with van der Waals surface area (Å²) in [6, 6.07) is -0.293. The summed E-state index contributed by atoms with van der Waals surface area (Å²) >= 11 is 0. The average Bonchev–Trinajstić information content (AvgIpc) is 3.99. The van der Waals surface area contributed by atoms with E-state index in [9.17, 15) is 19.2 Å². The summed E-state index contributed by atoms with van der Waals surface area (Å²) in [5.41, 5.74) is 6.36. The number of amides is 1. The third-order valence-corrected chi connectivity index (χ3v) is 10.7. The zero-order valence-electron chi connectivity index (χ0n) is 32.6. The second kappa shape index (κ2) is 20.8. The fraction of sp³-hybridized carbons (Fsp3) is 0.846. The Morgan fingerprint density at radius 1 is 1.04 bits per heavy atom. The number of rotatable bonds is 25. The van der Waals surface area contributed by atoms with Crippen molar-refractivity contribution < 1.29 is 42.9 Å². The van der Waals surface area contributed by atoms with Crippen molar-refractivity contribution in [2.45, 2.75) is 155 Å². The largest absolute Gasteiger partial charge is 0.460 e. The molecule has 1 spiro atoms. The molecule has 8 atom stereocenters. The predicted octanol–water partition coefficient (Wildman–Crippen LogP) is 5.61. The summed E-state index contributed by atoms with van der Waals surface area (Å²) in [6.07, 6.45) is 10.0. The van der Waals surface area contributed by atoms with Crippen molar-refractivity contribution in [3.8, 4) is 0 Å². The number of ether oxygens (including phenoxy) is 5. The summed E-state index contributed by atoms with van der Waals surface area (Å²) in [5.74, 6) is 0.0726. The second-order valence-electron chi connectivity index (χ2n) is 16.1. The first-order valence-electron chi connectivity index (χ1n) is 19.3. The molecule has 1 saturated carbocycles. The van der Waals surface area contributed by atoms with Crippen LogP contribution in [0, 0.1) is 23.7 Å². The number of alkyl carbamates (subject to hydrolysis) is 1. The van der Waals surface area contributed by atoms with Crippen molar-refractivity contribution in [3.63, 3.8) is 0 Å². The molecule has 3 rings (SSSR count). The lowest BCUT2D eigenvalue weighted by atomic mass is 9.68. The zero-order chi connectivity index (χ0) is 37.6. The lowest BCUT2D eigenvalue weighted by Crippen LogP contribution is -2.55. The number of hydrogen-bond acceptors (Lipinski definition) is 11. The van der Waals surface area contributed by atoms with Gasteiger partial charge < -0.3 is 33.8 Å². The average molecular weight is 722 g/mol. The summed E-state index contributed by atoms with van der Waals surface area (Å²) < 4.78 is 29.9. The van der Waals surface area contributed by atoms with Gasteiger partial charge in [-0.3, -0.25) is 9.59 Å². The van der Waals surface area contributed by atoms with E-state index in [-0.39, 0.29) is 72.9 Å². The predicted molar refractivity (Wildman–Crippen MR) is 195 cm³/mol. The fourth-order valence-electron chi connectivity index (χ4n) is 7.42. The minimum absolute atomic E-state index is 0.0389. The normalized spacial score (nSPS) is 27.9. The molecule has 3 N–H and O–H groups in total. The molecular formula is C39H67N3O9. The third kappa shape index (κ3) is 13.8. The number of ketones is 1. The van der Waals surface area contributed by atoms with Crippen molar-refractivity contribution in [2.24, 2.45) is 23.7 Å². The van der Waals surface area contributed by atoms with Crippen LogP contribution in [0.3, 0.4) is 0 Å². The van der Waals surface area contributed by atoms with E-state index >= 15 is 0 Å². The minimum atomic E-state index is -0.490. The summed E-state index contributed by atoms with van der Waals surface area (Å²) in [5, 5.41) is 2.81. The molecule has 1 amide bonds. The van der Waals surface area contributed by atoms with Crippen LogP contribution in [0.1, 0.15) is 119 Å². The SMILES string of the molecule is COC1C(OC(=O)C[C@@H](COC(=O)NCCCCCCCC(=O)CNN[C@H](C=O)CC(C)C)C(C)C)CC[C@]2(CO2)C1C1(C)O[C@@H]1CC=C(C)C. The molecule has 1 aliphatic carbocycles. The molecule has 0 bridgehead atoms. The van der Waals surface area contributed by atoms with E-state index < -0.39 is 17.8 Å². The molecule has 4 unspecified atom stereocenters. The Kier molecular flexibility index (Phi) is 17.5. The number of carbonyl (C=O) groups excluding carboxylic acids is 4. The van der Waals surface area contributed by atoms with E-state index in [1.807, 2.05) is 27.7 Å². The number of hydrogen-bond donors (Lipinski definition) is 3. The number of allylic oxidation sites excluding steroid dienone is 1. The molecule has 2 heterocycles. The summed E-state index contributed by atoms with van der Waals surface area (Å²) in [6.45, 7) is 15.9. The number of nitrogens with one attached hydrogen (secondary N) is 3. The van der Waals surface area contributed by atoms with Crippen LogP contribution in [0.5, 0.6) is 0 Å².